The molecule has 0 saturated heterocycles. The molecule has 1 fully saturated rings. The van der Waals surface area contributed by atoms with E-state index in [0.29, 0.717) is 13.1 Å². The highest BCUT2D eigenvalue weighted by Gasteiger charge is 2.29. The summed E-state index contributed by atoms with van der Waals surface area (Å²) in [5, 5.41) is 0. The van der Waals surface area contributed by atoms with Gasteiger partial charge in [-0.05, 0) is 55.5 Å². The van der Waals surface area contributed by atoms with Crippen molar-refractivity contribution in [3.05, 3.63) is 78.1 Å². The summed E-state index contributed by atoms with van der Waals surface area (Å²) in [5.41, 5.74) is 4.17. The molecule has 1 amide bonds. The number of aromatic nitrogens is 2. The van der Waals surface area contributed by atoms with Crippen LogP contribution in [-0.2, 0) is 19.5 Å². The number of para-hydroxylation sites is 2. The zero-order valence-corrected chi connectivity index (χ0v) is 20.0. The molecule has 174 valence electrons. The SMILES string of the molecule is C=CCn1c(CN(C(=O)c2ccc(CCCCCC)cc2)C2CCCC2)nc2ccccc21. The van der Waals surface area contributed by atoms with Gasteiger partial charge in [0.2, 0.25) is 0 Å². The van der Waals surface area contributed by atoms with Gasteiger partial charge in [-0.2, -0.15) is 0 Å². The number of carbonyl (C=O) groups excluding carboxylic acids is 1. The van der Waals surface area contributed by atoms with E-state index in [1.54, 1.807) is 0 Å². The fourth-order valence-electron chi connectivity index (χ4n) is 5.05. The molecule has 1 aliphatic carbocycles. The summed E-state index contributed by atoms with van der Waals surface area (Å²) >= 11 is 0. The fourth-order valence-corrected chi connectivity index (χ4v) is 5.05. The van der Waals surface area contributed by atoms with E-state index < -0.39 is 0 Å². The van der Waals surface area contributed by atoms with E-state index in [1.807, 2.05) is 36.4 Å². The summed E-state index contributed by atoms with van der Waals surface area (Å²) in [7, 11) is 0. The number of imidazole rings is 1. The van der Waals surface area contributed by atoms with E-state index >= 15 is 0 Å². The van der Waals surface area contributed by atoms with Crippen LogP contribution in [-0.4, -0.2) is 26.4 Å². The number of amides is 1. The number of allylic oxidation sites excluding steroid dienone is 1. The van der Waals surface area contributed by atoms with E-state index in [1.165, 1.54) is 44.1 Å². The molecule has 33 heavy (non-hydrogen) atoms. The molecule has 1 heterocycles. The Labute approximate surface area is 198 Å². The van der Waals surface area contributed by atoms with Crippen LogP contribution in [0.25, 0.3) is 11.0 Å². The van der Waals surface area contributed by atoms with Gasteiger partial charge in [0.25, 0.3) is 5.91 Å². The molecule has 1 aliphatic rings. The molecule has 0 spiro atoms. The van der Waals surface area contributed by atoms with Gasteiger partial charge in [0.05, 0.1) is 17.6 Å². The Morgan fingerprint density at radius 1 is 1.09 bits per heavy atom. The van der Waals surface area contributed by atoms with Gasteiger partial charge < -0.3 is 9.47 Å². The molecule has 0 unspecified atom stereocenters. The van der Waals surface area contributed by atoms with Gasteiger partial charge in [0.1, 0.15) is 5.82 Å². The Morgan fingerprint density at radius 2 is 1.85 bits per heavy atom. The lowest BCUT2D eigenvalue weighted by Crippen LogP contribution is -2.39. The Bertz CT molecular complexity index is 1060. The van der Waals surface area contributed by atoms with Gasteiger partial charge in [-0.3, -0.25) is 4.79 Å². The van der Waals surface area contributed by atoms with Crippen molar-refractivity contribution in [2.75, 3.05) is 0 Å². The predicted molar refractivity (Wildman–Crippen MR) is 136 cm³/mol. The van der Waals surface area contributed by atoms with Crippen molar-refractivity contribution in [3.8, 4) is 0 Å². The summed E-state index contributed by atoms with van der Waals surface area (Å²) < 4.78 is 2.19. The second-order valence-corrected chi connectivity index (χ2v) is 9.29. The van der Waals surface area contributed by atoms with Crippen molar-refractivity contribution in [1.29, 1.82) is 0 Å². The summed E-state index contributed by atoms with van der Waals surface area (Å²) in [6, 6.07) is 16.8. The van der Waals surface area contributed by atoms with Crippen LogP contribution in [0.2, 0.25) is 0 Å². The van der Waals surface area contributed by atoms with Gasteiger partial charge in [0.15, 0.2) is 0 Å². The third kappa shape index (κ3) is 5.55. The maximum Gasteiger partial charge on any atom is 0.254 e. The van der Waals surface area contributed by atoms with Crippen LogP contribution in [0.5, 0.6) is 0 Å². The number of nitrogens with zero attached hydrogens (tertiary/aromatic N) is 3. The van der Waals surface area contributed by atoms with Crippen molar-refractivity contribution in [3.63, 3.8) is 0 Å². The molecule has 0 N–H and O–H groups in total. The minimum Gasteiger partial charge on any atom is -0.328 e. The van der Waals surface area contributed by atoms with Gasteiger partial charge in [-0.1, -0.05) is 69.4 Å². The molecule has 1 aromatic heterocycles. The maximum absolute atomic E-state index is 13.7. The molecule has 0 atom stereocenters. The predicted octanol–water partition coefficient (Wildman–Crippen LogP) is 6.93. The van der Waals surface area contributed by atoms with Crippen LogP contribution < -0.4 is 0 Å². The highest BCUT2D eigenvalue weighted by atomic mass is 16.2. The largest absolute Gasteiger partial charge is 0.328 e. The van der Waals surface area contributed by atoms with Crippen LogP contribution in [0.4, 0.5) is 0 Å². The van der Waals surface area contributed by atoms with E-state index in [-0.39, 0.29) is 11.9 Å². The van der Waals surface area contributed by atoms with Gasteiger partial charge in [-0.15, -0.1) is 6.58 Å². The number of benzene rings is 2. The normalized spacial score (nSPS) is 14.1. The monoisotopic (exact) mass is 443 g/mol. The minimum absolute atomic E-state index is 0.122. The third-order valence-electron chi connectivity index (χ3n) is 6.90. The third-order valence-corrected chi connectivity index (χ3v) is 6.90. The molecule has 1 saturated carbocycles. The second kappa shape index (κ2) is 11.3. The van der Waals surface area contributed by atoms with Crippen molar-refractivity contribution in [1.82, 2.24) is 14.5 Å². The zero-order valence-electron chi connectivity index (χ0n) is 20.0. The molecule has 4 nitrogen and oxygen atoms in total. The van der Waals surface area contributed by atoms with Gasteiger partial charge in [-0.25, -0.2) is 4.98 Å². The minimum atomic E-state index is 0.122. The highest BCUT2D eigenvalue weighted by Crippen LogP contribution is 2.28. The Kier molecular flexibility index (Phi) is 7.98. The standard InChI is InChI=1S/C29H37N3O/c1-3-5-6-7-12-23-17-19-24(20-18-23)29(33)32(25-13-8-9-14-25)22-28-30-26-15-10-11-16-27(26)31(28)21-4-2/h4,10-11,15-20,25H,2-3,5-9,12-14,21-22H2,1H3. The highest BCUT2D eigenvalue weighted by molar-refractivity contribution is 5.94. The number of carbonyl (C=O) groups is 1. The summed E-state index contributed by atoms with van der Waals surface area (Å²) in [4.78, 5) is 20.7. The van der Waals surface area contributed by atoms with E-state index in [0.717, 1.165) is 41.7 Å². The first-order chi connectivity index (χ1) is 16.2. The molecule has 4 heteroatoms. The number of rotatable bonds is 11. The number of unbranched alkanes of at least 4 members (excludes halogenated alkanes) is 3. The average molecular weight is 444 g/mol. The Balaban J connectivity index is 1.56. The molecule has 0 radical (unpaired) electrons. The Morgan fingerprint density at radius 3 is 2.58 bits per heavy atom. The first-order valence-electron chi connectivity index (χ1n) is 12.7. The lowest BCUT2D eigenvalue weighted by molar-refractivity contribution is 0.0657. The topological polar surface area (TPSA) is 38.1 Å². The Hall–Kier alpha value is -2.88. The van der Waals surface area contributed by atoms with Gasteiger partial charge in [0, 0.05) is 18.2 Å². The summed E-state index contributed by atoms with van der Waals surface area (Å²) in [5.74, 6) is 1.06. The van der Waals surface area contributed by atoms with E-state index in [2.05, 4.69) is 41.2 Å². The zero-order chi connectivity index (χ0) is 23.0. The second-order valence-electron chi connectivity index (χ2n) is 9.29. The number of hydrogen-bond acceptors (Lipinski definition) is 2. The van der Waals surface area contributed by atoms with Gasteiger partial charge >= 0.3 is 0 Å². The number of hydrogen-bond donors (Lipinski definition) is 0. The fraction of sp³-hybridized carbons (Fsp3) is 0.448. The summed E-state index contributed by atoms with van der Waals surface area (Å²) in [6.07, 6.45) is 12.6. The molecule has 3 aromatic rings. The van der Waals surface area contributed by atoms with Crippen LogP contribution in [0.3, 0.4) is 0 Å². The van der Waals surface area contributed by atoms with Crippen LogP contribution in [0.15, 0.2) is 61.2 Å². The van der Waals surface area contributed by atoms with Crippen LogP contribution in [0, 0.1) is 0 Å². The molecule has 2 aromatic carbocycles. The smallest absolute Gasteiger partial charge is 0.254 e. The van der Waals surface area contributed by atoms with Crippen molar-refractivity contribution in [2.24, 2.45) is 0 Å². The van der Waals surface area contributed by atoms with E-state index in [4.69, 9.17) is 4.98 Å². The van der Waals surface area contributed by atoms with Crippen molar-refractivity contribution in [2.45, 2.75) is 83.8 Å². The average Bonchev–Trinajstić information content (AvgIpc) is 3.49. The first kappa shape index (κ1) is 23.3. The first-order valence-corrected chi connectivity index (χ1v) is 12.7. The van der Waals surface area contributed by atoms with E-state index in [9.17, 15) is 4.79 Å². The van der Waals surface area contributed by atoms with Crippen LogP contribution >= 0.6 is 0 Å². The molecule has 4 rings (SSSR count). The number of aryl methyl sites for hydroxylation is 1. The molecule has 0 bridgehead atoms. The lowest BCUT2D eigenvalue weighted by atomic mass is 10.0. The molecular weight excluding hydrogens is 406 g/mol. The van der Waals surface area contributed by atoms with Crippen LogP contribution in [0.1, 0.15) is 80.0 Å². The van der Waals surface area contributed by atoms with Crippen molar-refractivity contribution >= 4 is 16.9 Å². The quantitative estimate of drug-likeness (QED) is 0.238. The summed E-state index contributed by atoms with van der Waals surface area (Å²) in [6.45, 7) is 7.39. The molecular formula is C29H37N3O. The molecule has 0 aliphatic heterocycles. The maximum atomic E-state index is 13.7. The lowest BCUT2D eigenvalue weighted by Gasteiger charge is -2.29. The number of fused-ring (bicyclic) bond motifs is 1. The van der Waals surface area contributed by atoms with Crippen molar-refractivity contribution < 1.29 is 4.79 Å².